The molecule has 1 aliphatic heterocycles. The van der Waals surface area contributed by atoms with Crippen molar-refractivity contribution in [2.45, 2.75) is 26.2 Å². The van der Waals surface area contributed by atoms with E-state index in [1.165, 1.54) is 22.3 Å². The van der Waals surface area contributed by atoms with Crippen LogP contribution in [0.3, 0.4) is 0 Å². The Balaban J connectivity index is 2.42. The summed E-state index contributed by atoms with van der Waals surface area (Å²) in [6.07, 6.45) is 0. The lowest BCUT2D eigenvalue weighted by molar-refractivity contribution is -0.0585. The van der Waals surface area contributed by atoms with Crippen LogP contribution in [0.15, 0.2) is 12.1 Å². The molecule has 0 aromatic heterocycles. The molecule has 1 aliphatic rings. The molecular formula is C14H21NO. The van der Waals surface area contributed by atoms with Gasteiger partial charge in [0.05, 0.1) is 18.6 Å². The highest BCUT2D eigenvalue weighted by atomic mass is 16.5. The van der Waals surface area contributed by atoms with Crippen molar-refractivity contribution >= 4 is 0 Å². The van der Waals surface area contributed by atoms with Crippen LogP contribution in [0, 0.1) is 20.8 Å². The Bertz CT molecular complexity index is 394. The van der Waals surface area contributed by atoms with Crippen LogP contribution in [0.4, 0.5) is 0 Å². The maximum Gasteiger partial charge on any atom is 0.0598 e. The molecule has 0 unspecified atom stereocenters. The molecule has 0 spiro atoms. The number of ether oxygens (including phenoxy) is 1. The Morgan fingerprint density at radius 3 is 2.25 bits per heavy atom. The van der Waals surface area contributed by atoms with Gasteiger partial charge >= 0.3 is 0 Å². The SMILES string of the molecule is CNCC1(c2cc(C)c(C)cc2C)COC1. The lowest BCUT2D eigenvalue weighted by Gasteiger charge is -2.43. The van der Waals surface area contributed by atoms with Crippen LogP contribution < -0.4 is 5.32 Å². The zero-order valence-electron chi connectivity index (χ0n) is 10.7. The van der Waals surface area contributed by atoms with Crippen LogP contribution in [0.1, 0.15) is 22.3 Å². The molecule has 2 heteroatoms. The van der Waals surface area contributed by atoms with Gasteiger partial charge in [-0.3, -0.25) is 0 Å². The summed E-state index contributed by atoms with van der Waals surface area (Å²) in [5.41, 5.74) is 5.80. The third-order valence-corrected chi connectivity index (χ3v) is 3.68. The highest BCUT2D eigenvalue weighted by Crippen LogP contribution is 2.35. The van der Waals surface area contributed by atoms with Crippen molar-refractivity contribution in [3.63, 3.8) is 0 Å². The van der Waals surface area contributed by atoms with Crippen LogP contribution in [0.25, 0.3) is 0 Å². The Hall–Kier alpha value is -0.860. The van der Waals surface area contributed by atoms with Crippen LogP contribution in [-0.2, 0) is 10.2 Å². The third-order valence-electron chi connectivity index (χ3n) is 3.68. The highest BCUT2D eigenvalue weighted by molar-refractivity contribution is 5.42. The molecular weight excluding hydrogens is 198 g/mol. The fraction of sp³-hybridized carbons (Fsp3) is 0.571. The quantitative estimate of drug-likeness (QED) is 0.840. The maximum atomic E-state index is 5.43. The van der Waals surface area contributed by atoms with Crippen LogP contribution in [-0.4, -0.2) is 26.8 Å². The molecule has 1 aromatic carbocycles. The van der Waals surface area contributed by atoms with Crippen molar-refractivity contribution in [3.05, 3.63) is 34.4 Å². The molecule has 1 N–H and O–H groups in total. The number of rotatable bonds is 3. The maximum absolute atomic E-state index is 5.43. The molecule has 2 rings (SSSR count). The number of nitrogens with one attached hydrogen (secondary N) is 1. The van der Waals surface area contributed by atoms with E-state index in [9.17, 15) is 0 Å². The molecule has 1 aromatic rings. The molecule has 0 saturated carbocycles. The molecule has 0 atom stereocenters. The van der Waals surface area contributed by atoms with Crippen LogP contribution >= 0.6 is 0 Å². The van der Waals surface area contributed by atoms with E-state index in [1.54, 1.807) is 0 Å². The number of hydrogen-bond donors (Lipinski definition) is 1. The van der Waals surface area contributed by atoms with Gasteiger partial charge in [0.2, 0.25) is 0 Å². The molecule has 1 heterocycles. The minimum Gasteiger partial charge on any atom is -0.379 e. The average molecular weight is 219 g/mol. The molecule has 0 amide bonds. The van der Waals surface area contributed by atoms with Crippen molar-refractivity contribution < 1.29 is 4.74 Å². The summed E-state index contributed by atoms with van der Waals surface area (Å²) in [4.78, 5) is 0. The minimum atomic E-state index is 0.206. The smallest absolute Gasteiger partial charge is 0.0598 e. The Morgan fingerprint density at radius 1 is 1.12 bits per heavy atom. The summed E-state index contributed by atoms with van der Waals surface area (Å²) >= 11 is 0. The van der Waals surface area contributed by atoms with Gasteiger partial charge in [-0.1, -0.05) is 12.1 Å². The van der Waals surface area contributed by atoms with Gasteiger partial charge in [-0.05, 0) is 50.1 Å². The summed E-state index contributed by atoms with van der Waals surface area (Å²) in [7, 11) is 2.01. The largest absolute Gasteiger partial charge is 0.379 e. The predicted molar refractivity (Wildman–Crippen MR) is 67.1 cm³/mol. The second-order valence-corrected chi connectivity index (χ2v) is 5.05. The second kappa shape index (κ2) is 4.19. The van der Waals surface area contributed by atoms with Gasteiger partial charge in [0, 0.05) is 6.54 Å². The normalized spacial score (nSPS) is 18.2. The van der Waals surface area contributed by atoms with E-state index in [2.05, 4.69) is 38.2 Å². The Morgan fingerprint density at radius 2 is 1.75 bits per heavy atom. The van der Waals surface area contributed by atoms with E-state index >= 15 is 0 Å². The molecule has 16 heavy (non-hydrogen) atoms. The van der Waals surface area contributed by atoms with Crippen molar-refractivity contribution in [3.8, 4) is 0 Å². The lowest BCUT2D eigenvalue weighted by atomic mass is 9.75. The van der Waals surface area contributed by atoms with Gasteiger partial charge in [-0.2, -0.15) is 0 Å². The van der Waals surface area contributed by atoms with E-state index in [4.69, 9.17) is 4.74 Å². The summed E-state index contributed by atoms with van der Waals surface area (Å²) in [5, 5.41) is 3.29. The lowest BCUT2D eigenvalue weighted by Crippen LogP contribution is -2.53. The zero-order valence-corrected chi connectivity index (χ0v) is 10.7. The molecule has 1 fully saturated rings. The summed E-state index contributed by atoms with van der Waals surface area (Å²) in [6.45, 7) is 9.25. The van der Waals surface area contributed by atoms with E-state index in [0.717, 1.165) is 19.8 Å². The monoisotopic (exact) mass is 219 g/mol. The first kappa shape index (κ1) is 11.6. The predicted octanol–water partition coefficient (Wildman–Crippen LogP) is 2.10. The minimum absolute atomic E-state index is 0.206. The second-order valence-electron chi connectivity index (χ2n) is 5.05. The Kier molecular flexibility index (Phi) is 3.04. The topological polar surface area (TPSA) is 21.3 Å². The van der Waals surface area contributed by atoms with Crippen LogP contribution in [0.5, 0.6) is 0 Å². The molecule has 88 valence electrons. The van der Waals surface area contributed by atoms with Crippen molar-refractivity contribution in [1.29, 1.82) is 0 Å². The van der Waals surface area contributed by atoms with E-state index < -0.39 is 0 Å². The van der Waals surface area contributed by atoms with E-state index in [0.29, 0.717) is 0 Å². The molecule has 0 aliphatic carbocycles. The first-order valence-electron chi connectivity index (χ1n) is 5.90. The van der Waals surface area contributed by atoms with Gasteiger partial charge in [-0.15, -0.1) is 0 Å². The summed E-state index contributed by atoms with van der Waals surface area (Å²) in [6, 6.07) is 4.63. The molecule has 1 saturated heterocycles. The van der Waals surface area contributed by atoms with Gasteiger partial charge in [0.1, 0.15) is 0 Å². The highest BCUT2D eigenvalue weighted by Gasteiger charge is 2.40. The standard InChI is InChI=1S/C14H21NO/c1-10-5-12(3)13(6-11(10)2)14(7-15-4)8-16-9-14/h5-6,15H,7-9H2,1-4H3. The number of benzene rings is 1. The van der Waals surface area contributed by atoms with Gasteiger partial charge in [0.15, 0.2) is 0 Å². The Labute approximate surface area is 98.0 Å². The molecule has 0 radical (unpaired) electrons. The fourth-order valence-corrected chi connectivity index (χ4v) is 2.57. The van der Waals surface area contributed by atoms with Crippen molar-refractivity contribution in [1.82, 2.24) is 5.32 Å². The zero-order chi connectivity index (χ0) is 11.8. The molecule has 0 bridgehead atoms. The van der Waals surface area contributed by atoms with Crippen molar-refractivity contribution in [2.24, 2.45) is 0 Å². The fourth-order valence-electron chi connectivity index (χ4n) is 2.57. The first-order valence-corrected chi connectivity index (χ1v) is 5.90. The molecule has 2 nitrogen and oxygen atoms in total. The first-order chi connectivity index (χ1) is 7.59. The van der Waals surface area contributed by atoms with Crippen LogP contribution in [0.2, 0.25) is 0 Å². The number of aryl methyl sites for hydroxylation is 3. The number of hydrogen-bond acceptors (Lipinski definition) is 2. The van der Waals surface area contributed by atoms with Crippen molar-refractivity contribution in [2.75, 3.05) is 26.8 Å². The van der Waals surface area contributed by atoms with Gasteiger partial charge < -0.3 is 10.1 Å². The van der Waals surface area contributed by atoms with E-state index in [-0.39, 0.29) is 5.41 Å². The number of likely N-dealkylation sites (N-methyl/N-ethyl adjacent to an activating group) is 1. The average Bonchev–Trinajstić information content (AvgIpc) is 2.18. The summed E-state index contributed by atoms with van der Waals surface area (Å²) in [5.74, 6) is 0. The van der Waals surface area contributed by atoms with E-state index in [1.807, 2.05) is 7.05 Å². The third kappa shape index (κ3) is 1.76. The van der Waals surface area contributed by atoms with Gasteiger partial charge in [-0.25, -0.2) is 0 Å². The van der Waals surface area contributed by atoms with Gasteiger partial charge in [0.25, 0.3) is 0 Å². The summed E-state index contributed by atoms with van der Waals surface area (Å²) < 4.78 is 5.43.